The van der Waals surface area contributed by atoms with Crippen LogP contribution in [0.4, 0.5) is 10.1 Å². The minimum Gasteiger partial charge on any atom is -0.368 e. The summed E-state index contributed by atoms with van der Waals surface area (Å²) in [5.74, 6) is -0.107. The van der Waals surface area contributed by atoms with Gasteiger partial charge in [0.05, 0.1) is 5.69 Å². The Morgan fingerprint density at radius 2 is 1.71 bits per heavy atom. The van der Waals surface area contributed by atoms with Gasteiger partial charge in [0, 0.05) is 49.2 Å². The van der Waals surface area contributed by atoms with Gasteiger partial charge in [0.25, 0.3) is 0 Å². The van der Waals surface area contributed by atoms with Crippen molar-refractivity contribution in [3.63, 3.8) is 0 Å². The van der Waals surface area contributed by atoms with Crippen molar-refractivity contribution in [2.24, 2.45) is 0 Å². The van der Waals surface area contributed by atoms with Crippen molar-refractivity contribution in [1.29, 1.82) is 0 Å². The molecule has 3 aromatic rings. The minimum absolute atomic E-state index is 0.160. The minimum atomic E-state index is -0.268. The van der Waals surface area contributed by atoms with E-state index >= 15 is 0 Å². The van der Waals surface area contributed by atoms with Gasteiger partial charge in [-0.1, -0.05) is 30.3 Å². The second kappa shape index (κ2) is 8.52. The molecule has 1 aliphatic rings. The summed E-state index contributed by atoms with van der Waals surface area (Å²) in [5.41, 5.74) is 2.57. The van der Waals surface area contributed by atoms with E-state index in [1.54, 1.807) is 18.2 Å². The number of hydrogen-bond acceptors (Lipinski definition) is 4. The fourth-order valence-corrected chi connectivity index (χ4v) is 4.31. The summed E-state index contributed by atoms with van der Waals surface area (Å²) in [4.78, 5) is 21.3. The van der Waals surface area contributed by atoms with E-state index in [1.807, 2.05) is 28.5 Å². The lowest BCUT2D eigenvalue weighted by Crippen LogP contribution is -2.48. The Balaban J connectivity index is 1.29. The summed E-state index contributed by atoms with van der Waals surface area (Å²) in [6, 6.07) is 16.9. The zero-order valence-corrected chi connectivity index (χ0v) is 16.4. The summed E-state index contributed by atoms with van der Waals surface area (Å²) < 4.78 is 13.9. The van der Waals surface area contributed by atoms with Crippen LogP contribution in [-0.2, 0) is 11.2 Å². The van der Waals surface area contributed by atoms with E-state index in [4.69, 9.17) is 0 Å². The molecule has 0 aliphatic carbocycles. The van der Waals surface area contributed by atoms with Crippen molar-refractivity contribution in [3.05, 3.63) is 71.5 Å². The highest BCUT2D eigenvalue weighted by Crippen LogP contribution is 2.26. The largest absolute Gasteiger partial charge is 0.368 e. The van der Waals surface area contributed by atoms with Gasteiger partial charge in [-0.25, -0.2) is 9.37 Å². The number of carbonyl (C=O) groups excluding carboxylic acids is 1. The molecule has 0 bridgehead atoms. The molecule has 1 saturated heterocycles. The smallest absolute Gasteiger partial charge is 0.223 e. The topological polar surface area (TPSA) is 36.4 Å². The first-order valence-electron chi connectivity index (χ1n) is 9.48. The molecule has 144 valence electrons. The summed E-state index contributed by atoms with van der Waals surface area (Å²) in [6.07, 6.45) is 1.02. The SMILES string of the molecule is O=C(CCc1csc(-c2ccccc2F)n1)N1CCN(c2ccccc2)CC1. The summed E-state index contributed by atoms with van der Waals surface area (Å²) >= 11 is 1.42. The van der Waals surface area contributed by atoms with E-state index in [9.17, 15) is 9.18 Å². The van der Waals surface area contributed by atoms with E-state index in [-0.39, 0.29) is 11.7 Å². The number of piperazine rings is 1. The zero-order valence-electron chi connectivity index (χ0n) is 15.6. The Labute approximate surface area is 168 Å². The molecular weight excluding hydrogens is 373 g/mol. The van der Waals surface area contributed by atoms with Crippen molar-refractivity contribution in [2.45, 2.75) is 12.8 Å². The lowest BCUT2D eigenvalue weighted by atomic mass is 10.2. The van der Waals surface area contributed by atoms with Crippen LogP contribution in [0.2, 0.25) is 0 Å². The molecule has 0 saturated carbocycles. The number of para-hydroxylation sites is 1. The van der Waals surface area contributed by atoms with Crippen molar-refractivity contribution < 1.29 is 9.18 Å². The van der Waals surface area contributed by atoms with Crippen LogP contribution in [-0.4, -0.2) is 42.0 Å². The Morgan fingerprint density at radius 1 is 1.00 bits per heavy atom. The molecule has 1 aromatic heterocycles. The predicted octanol–water partition coefficient (Wildman–Crippen LogP) is 4.23. The normalized spacial score (nSPS) is 14.3. The average molecular weight is 396 g/mol. The molecule has 0 radical (unpaired) electrons. The lowest BCUT2D eigenvalue weighted by Gasteiger charge is -2.36. The van der Waals surface area contributed by atoms with Crippen molar-refractivity contribution >= 4 is 22.9 Å². The van der Waals surface area contributed by atoms with Gasteiger partial charge in [0.2, 0.25) is 5.91 Å². The molecule has 2 aromatic carbocycles. The number of halogens is 1. The number of anilines is 1. The third kappa shape index (κ3) is 4.22. The zero-order chi connectivity index (χ0) is 19.3. The Morgan fingerprint density at radius 3 is 2.46 bits per heavy atom. The molecule has 1 fully saturated rings. The highest BCUT2D eigenvalue weighted by molar-refractivity contribution is 7.13. The molecule has 0 spiro atoms. The fourth-order valence-electron chi connectivity index (χ4n) is 3.43. The van der Waals surface area contributed by atoms with Crippen LogP contribution in [0.5, 0.6) is 0 Å². The number of carbonyl (C=O) groups is 1. The maximum atomic E-state index is 13.9. The molecule has 1 aliphatic heterocycles. The quantitative estimate of drug-likeness (QED) is 0.649. The Bertz CT molecular complexity index is 936. The molecular formula is C22H22FN3OS. The van der Waals surface area contributed by atoms with Gasteiger partial charge in [-0.15, -0.1) is 11.3 Å². The van der Waals surface area contributed by atoms with Gasteiger partial charge in [0.1, 0.15) is 10.8 Å². The lowest BCUT2D eigenvalue weighted by molar-refractivity contribution is -0.131. The number of nitrogens with zero attached hydrogens (tertiary/aromatic N) is 3. The number of aromatic nitrogens is 1. The monoisotopic (exact) mass is 395 g/mol. The highest BCUT2D eigenvalue weighted by atomic mass is 32.1. The Hall–Kier alpha value is -2.73. The first-order chi connectivity index (χ1) is 13.7. The van der Waals surface area contributed by atoms with E-state index in [0.717, 1.165) is 31.9 Å². The fraction of sp³-hybridized carbons (Fsp3) is 0.273. The van der Waals surface area contributed by atoms with Gasteiger partial charge < -0.3 is 9.80 Å². The van der Waals surface area contributed by atoms with Crippen molar-refractivity contribution in [1.82, 2.24) is 9.88 Å². The number of amides is 1. The van der Waals surface area contributed by atoms with E-state index < -0.39 is 0 Å². The van der Waals surface area contributed by atoms with Crippen molar-refractivity contribution in [3.8, 4) is 10.6 Å². The van der Waals surface area contributed by atoms with E-state index in [0.29, 0.717) is 23.4 Å². The first kappa shape index (κ1) is 18.6. The van der Waals surface area contributed by atoms with Crippen LogP contribution in [0.25, 0.3) is 10.6 Å². The van der Waals surface area contributed by atoms with Crippen LogP contribution in [0.1, 0.15) is 12.1 Å². The van der Waals surface area contributed by atoms with Crippen LogP contribution in [0, 0.1) is 5.82 Å². The molecule has 4 rings (SSSR count). The maximum Gasteiger partial charge on any atom is 0.223 e. The molecule has 4 nitrogen and oxygen atoms in total. The van der Waals surface area contributed by atoms with Gasteiger partial charge in [0.15, 0.2) is 0 Å². The molecule has 2 heterocycles. The molecule has 0 unspecified atom stereocenters. The number of rotatable bonds is 5. The summed E-state index contributed by atoms with van der Waals surface area (Å²) in [7, 11) is 0. The van der Waals surface area contributed by atoms with Crippen molar-refractivity contribution in [2.75, 3.05) is 31.1 Å². The highest BCUT2D eigenvalue weighted by Gasteiger charge is 2.21. The van der Waals surface area contributed by atoms with Crippen LogP contribution >= 0.6 is 11.3 Å². The number of hydrogen-bond donors (Lipinski definition) is 0. The number of aryl methyl sites for hydroxylation is 1. The molecule has 1 amide bonds. The third-order valence-electron chi connectivity index (χ3n) is 5.00. The standard InChI is InChI=1S/C22H22FN3OS/c23-20-9-5-4-8-19(20)22-24-17(16-28-22)10-11-21(27)26-14-12-25(13-15-26)18-6-2-1-3-7-18/h1-9,16H,10-15H2. The average Bonchev–Trinajstić information content (AvgIpc) is 3.22. The van der Waals surface area contributed by atoms with Crippen LogP contribution in [0.3, 0.4) is 0 Å². The summed E-state index contributed by atoms with van der Waals surface area (Å²) in [6.45, 7) is 3.18. The number of benzene rings is 2. The Kier molecular flexibility index (Phi) is 5.67. The predicted molar refractivity (Wildman–Crippen MR) is 111 cm³/mol. The van der Waals surface area contributed by atoms with E-state index in [1.165, 1.54) is 23.1 Å². The van der Waals surface area contributed by atoms with E-state index in [2.05, 4.69) is 22.0 Å². The maximum absolute atomic E-state index is 13.9. The second-order valence-electron chi connectivity index (χ2n) is 6.83. The van der Waals surface area contributed by atoms with Crippen LogP contribution < -0.4 is 4.90 Å². The van der Waals surface area contributed by atoms with Crippen LogP contribution in [0.15, 0.2) is 60.0 Å². The van der Waals surface area contributed by atoms with Gasteiger partial charge in [-0.2, -0.15) is 0 Å². The van der Waals surface area contributed by atoms with Gasteiger partial charge in [-0.3, -0.25) is 4.79 Å². The molecule has 0 atom stereocenters. The first-order valence-corrected chi connectivity index (χ1v) is 10.4. The number of thiazole rings is 1. The third-order valence-corrected chi connectivity index (χ3v) is 5.93. The van der Waals surface area contributed by atoms with Gasteiger partial charge in [-0.05, 0) is 30.7 Å². The molecule has 6 heteroatoms. The molecule has 0 N–H and O–H groups in total. The van der Waals surface area contributed by atoms with Gasteiger partial charge >= 0.3 is 0 Å². The molecule has 28 heavy (non-hydrogen) atoms. The summed E-state index contributed by atoms with van der Waals surface area (Å²) in [5, 5.41) is 2.58. The second-order valence-corrected chi connectivity index (χ2v) is 7.69.